The number of likely N-dealkylation sites (tertiary alicyclic amines) is 1. The second-order valence-corrected chi connectivity index (χ2v) is 6.39. The number of hydrogen-bond donors (Lipinski definition) is 0. The summed E-state index contributed by atoms with van der Waals surface area (Å²) in [6, 6.07) is 19.4. The number of halogens is 1. The van der Waals surface area contributed by atoms with Crippen molar-refractivity contribution < 1.29 is 9.18 Å². The van der Waals surface area contributed by atoms with Crippen LogP contribution in [-0.2, 0) is 17.6 Å². The molecule has 120 valence electrons. The minimum atomic E-state index is -1.31. The molecule has 23 heavy (non-hydrogen) atoms. The maximum absolute atomic E-state index is 15.2. The first-order valence-corrected chi connectivity index (χ1v) is 8.19. The Kier molecular flexibility index (Phi) is 4.75. The monoisotopic (exact) mass is 311 g/mol. The van der Waals surface area contributed by atoms with Gasteiger partial charge in [0.05, 0.1) is 13.0 Å². The third kappa shape index (κ3) is 4.19. The molecule has 0 aromatic heterocycles. The van der Waals surface area contributed by atoms with Crippen LogP contribution >= 0.6 is 0 Å². The molecule has 3 rings (SSSR count). The van der Waals surface area contributed by atoms with Crippen LogP contribution in [-0.4, -0.2) is 29.6 Å². The lowest BCUT2D eigenvalue weighted by molar-refractivity contribution is -0.134. The maximum atomic E-state index is 15.2. The number of carbonyl (C=O) groups is 1. The van der Waals surface area contributed by atoms with Crippen molar-refractivity contribution in [3.8, 4) is 0 Å². The Bertz CT molecular complexity index is 643. The Hall–Kier alpha value is -2.16. The van der Waals surface area contributed by atoms with Gasteiger partial charge in [-0.15, -0.1) is 0 Å². The number of carbonyl (C=O) groups excluding carboxylic acids is 1. The van der Waals surface area contributed by atoms with Gasteiger partial charge in [0, 0.05) is 13.0 Å². The van der Waals surface area contributed by atoms with Crippen molar-refractivity contribution in [1.29, 1.82) is 0 Å². The van der Waals surface area contributed by atoms with Crippen molar-refractivity contribution in [2.24, 2.45) is 0 Å². The Labute approximate surface area is 136 Å². The largest absolute Gasteiger partial charge is 0.339 e. The lowest BCUT2D eigenvalue weighted by atomic mass is 9.88. The topological polar surface area (TPSA) is 20.3 Å². The number of piperidine rings is 1. The molecule has 2 nitrogen and oxygen atoms in total. The first-order valence-electron chi connectivity index (χ1n) is 8.19. The highest BCUT2D eigenvalue weighted by Crippen LogP contribution is 2.29. The number of rotatable bonds is 4. The Morgan fingerprint density at radius 1 is 1.00 bits per heavy atom. The minimum absolute atomic E-state index is 0.0194. The molecule has 0 saturated carbocycles. The van der Waals surface area contributed by atoms with Crippen molar-refractivity contribution in [3.63, 3.8) is 0 Å². The molecule has 1 atom stereocenters. The quantitative estimate of drug-likeness (QED) is 0.841. The summed E-state index contributed by atoms with van der Waals surface area (Å²) in [7, 11) is 0. The summed E-state index contributed by atoms with van der Waals surface area (Å²) in [5.74, 6) is 0.0194. The number of hydrogen-bond acceptors (Lipinski definition) is 1. The molecule has 1 heterocycles. The Morgan fingerprint density at radius 2 is 1.61 bits per heavy atom. The highest BCUT2D eigenvalue weighted by molar-refractivity contribution is 5.79. The lowest BCUT2D eigenvalue weighted by Gasteiger charge is -2.37. The molecule has 1 aliphatic rings. The molecule has 1 aliphatic heterocycles. The zero-order valence-corrected chi connectivity index (χ0v) is 13.2. The number of alkyl halides is 1. The van der Waals surface area contributed by atoms with E-state index in [-0.39, 0.29) is 12.5 Å². The van der Waals surface area contributed by atoms with E-state index in [4.69, 9.17) is 0 Å². The van der Waals surface area contributed by atoms with E-state index < -0.39 is 5.67 Å². The third-order valence-electron chi connectivity index (χ3n) is 4.44. The lowest BCUT2D eigenvalue weighted by Crippen LogP contribution is -2.49. The fourth-order valence-corrected chi connectivity index (χ4v) is 3.29. The molecule has 0 N–H and O–H groups in total. The number of nitrogens with zero attached hydrogens (tertiary/aromatic N) is 1. The van der Waals surface area contributed by atoms with Crippen LogP contribution in [0.3, 0.4) is 0 Å². The number of amides is 1. The van der Waals surface area contributed by atoms with E-state index in [2.05, 4.69) is 0 Å². The second-order valence-electron chi connectivity index (χ2n) is 6.39. The summed E-state index contributed by atoms with van der Waals surface area (Å²) in [5, 5.41) is 0. The zero-order valence-electron chi connectivity index (χ0n) is 13.2. The van der Waals surface area contributed by atoms with Crippen LogP contribution in [0.1, 0.15) is 24.0 Å². The zero-order chi connectivity index (χ0) is 16.1. The highest BCUT2D eigenvalue weighted by Gasteiger charge is 2.37. The maximum Gasteiger partial charge on any atom is 0.227 e. The summed E-state index contributed by atoms with van der Waals surface area (Å²) in [6.07, 6.45) is 1.98. The van der Waals surface area contributed by atoms with Crippen LogP contribution in [0.15, 0.2) is 60.7 Å². The molecule has 0 spiro atoms. The SMILES string of the molecule is O=C(Cc1ccccc1)N1CCCC(F)(Cc2ccccc2)C1. The molecule has 2 aromatic carbocycles. The molecule has 1 amide bonds. The normalized spacial score (nSPS) is 21.2. The highest BCUT2D eigenvalue weighted by atomic mass is 19.1. The van der Waals surface area contributed by atoms with Gasteiger partial charge in [0.2, 0.25) is 5.91 Å². The van der Waals surface area contributed by atoms with E-state index in [1.807, 2.05) is 60.7 Å². The van der Waals surface area contributed by atoms with Crippen LogP contribution in [0.5, 0.6) is 0 Å². The number of benzene rings is 2. The van der Waals surface area contributed by atoms with E-state index in [0.717, 1.165) is 17.5 Å². The molecule has 1 saturated heterocycles. The second kappa shape index (κ2) is 6.95. The molecule has 1 unspecified atom stereocenters. The predicted octanol–water partition coefficient (Wildman–Crippen LogP) is 3.80. The van der Waals surface area contributed by atoms with Crippen LogP contribution in [0.2, 0.25) is 0 Å². The van der Waals surface area contributed by atoms with Crippen LogP contribution in [0, 0.1) is 0 Å². The first kappa shape index (κ1) is 15.7. The van der Waals surface area contributed by atoms with E-state index in [0.29, 0.717) is 25.8 Å². The van der Waals surface area contributed by atoms with E-state index in [9.17, 15) is 4.79 Å². The Morgan fingerprint density at radius 3 is 2.26 bits per heavy atom. The van der Waals surface area contributed by atoms with Crippen molar-refractivity contribution in [3.05, 3.63) is 71.8 Å². The molecule has 0 aliphatic carbocycles. The smallest absolute Gasteiger partial charge is 0.227 e. The third-order valence-corrected chi connectivity index (χ3v) is 4.44. The minimum Gasteiger partial charge on any atom is -0.339 e. The fraction of sp³-hybridized carbons (Fsp3) is 0.350. The summed E-state index contributed by atoms with van der Waals surface area (Å²) >= 11 is 0. The van der Waals surface area contributed by atoms with Gasteiger partial charge in [0.25, 0.3) is 0 Å². The van der Waals surface area contributed by atoms with Gasteiger partial charge in [0.1, 0.15) is 5.67 Å². The van der Waals surface area contributed by atoms with Gasteiger partial charge in [-0.25, -0.2) is 4.39 Å². The van der Waals surface area contributed by atoms with Crippen LogP contribution in [0.25, 0.3) is 0 Å². The van der Waals surface area contributed by atoms with Gasteiger partial charge in [-0.2, -0.15) is 0 Å². The fourth-order valence-electron chi connectivity index (χ4n) is 3.29. The summed E-state index contributed by atoms with van der Waals surface area (Å²) < 4.78 is 15.2. The predicted molar refractivity (Wildman–Crippen MR) is 89.9 cm³/mol. The molecule has 0 radical (unpaired) electrons. The summed E-state index contributed by atoms with van der Waals surface area (Å²) in [4.78, 5) is 14.2. The van der Waals surface area contributed by atoms with Gasteiger partial charge in [-0.1, -0.05) is 60.7 Å². The standard InChI is InChI=1S/C20H22FNO/c21-20(15-18-10-5-2-6-11-18)12-7-13-22(16-20)19(23)14-17-8-3-1-4-9-17/h1-6,8-11H,7,12-16H2. The average Bonchev–Trinajstić information content (AvgIpc) is 2.56. The molecule has 3 heteroatoms. The van der Waals surface area contributed by atoms with Gasteiger partial charge in [0.15, 0.2) is 0 Å². The molecular formula is C20H22FNO. The van der Waals surface area contributed by atoms with Crippen LogP contribution < -0.4 is 0 Å². The molecule has 0 bridgehead atoms. The van der Waals surface area contributed by atoms with E-state index >= 15 is 4.39 Å². The van der Waals surface area contributed by atoms with Crippen molar-refractivity contribution in [1.82, 2.24) is 4.90 Å². The van der Waals surface area contributed by atoms with Gasteiger partial charge < -0.3 is 4.90 Å². The van der Waals surface area contributed by atoms with Gasteiger partial charge >= 0.3 is 0 Å². The average molecular weight is 311 g/mol. The van der Waals surface area contributed by atoms with Gasteiger partial charge in [-0.05, 0) is 24.0 Å². The molecule has 2 aromatic rings. The van der Waals surface area contributed by atoms with Crippen molar-refractivity contribution in [2.45, 2.75) is 31.4 Å². The van der Waals surface area contributed by atoms with Crippen molar-refractivity contribution >= 4 is 5.91 Å². The van der Waals surface area contributed by atoms with Crippen LogP contribution in [0.4, 0.5) is 4.39 Å². The van der Waals surface area contributed by atoms with Gasteiger partial charge in [-0.3, -0.25) is 4.79 Å². The van der Waals surface area contributed by atoms with Crippen molar-refractivity contribution in [2.75, 3.05) is 13.1 Å². The first-order chi connectivity index (χ1) is 11.1. The van der Waals surface area contributed by atoms with E-state index in [1.54, 1.807) is 4.90 Å². The summed E-state index contributed by atoms with van der Waals surface area (Å²) in [6.45, 7) is 0.861. The molecule has 1 fully saturated rings. The summed E-state index contributed by atoms with van der Waals surface area (Å²) in [5.41, 5.74) is 0.661. The molecular weight excluding hydrogens is 289 g/mol. The Balaban J connectivity index is 1.64. The van der Waals surface area contributed by atoms with E-state index in [1.165, 1.54) is 0 Å².